The molecule has 37 heavy (non-hydrogen) atoms. The van der Waals surface area contributed by atoms with Crippen LogP contribution in [0, 0.1) is 0 Å². The van der Waals surface area contributed by atoms with Crippen molar-refractivity contribution in [2.24, 2.45) is 0 Å². The normalized spacial score (nSPS) is 12.3. The number of aliphatic carboxylic acids is 1. The first-order valence-electron chi connectivity index (χ1n) is 16.2. The number of esters is 1. The van der Waals surface area contributed by atoms with Crippen molar-refractivity contribution < 1.29 is 19.4 Å². The lowest BCUT2D eigenvalue weighted by molar-refractivity contribution is -0.150. The second kappa shape index (κ2) is 29.2. The van der Waals surface area contributed by atoms with Gasteiger partial charge in [0.2, 0.25) is 0 Å². The van der Waals surface area contributed by atoms with Crippen molar-refractivity contribution in [3.05, 3.63) is 12.2 Å². The molecule has 0 aliphatic rings. The second-order valence-electron chi connectivity index (χ2n) is 11.0. The molecule has 0 bridgehead atoms. The van der Waals surface area contributed by atoms with Gasteiger partial charge in [0.15, 0.2) is 0 Å². The van der Waals surface area contributed by atoms with Crippen LogP contribution in [0.2, 0.25) is 0 Å². The Morgan fingerprint density at radius 1 is 0.568 bits per heavy atom. The largest absolute Gasteiger partial charge is 0.481 e. The van der Waals surface area contributed by atoms with E-state index in [1.165, 1.54) is 89.9 Å². The maximum absolute atomic E-state index is 12.5. The van der Waals surface area contributed by atoms with Gasteiger partial charge >= 0.3 is 11.9 Å². The van der Waals surface area contributed by atoms with Gasteiger partial charge in [-0.05, 0) is 57.8 Å². The molecular weight excluding hydrogens is 460 g/mol. The molecular formula is C33H62O4. The van der Waals surface area contributed by atoms with Crippen LogP contribution in [0.1, 0.15) is 181 Å². The summed E-state index contributed by atoms with van der Waals surface area (Å²) >= 11 is 0. The van der Waals surface area contributed by atoms with Gasteiger partial charge in [0.1, 0.15) is 6.10 Å². The summed E-state index contributed by atoms with van der Waals surface area (Å²) in [5.41, 5.74) is 0. The van der Waals surface area contributed by atoms with E-state index in [0.717, 1.165) is 64.2 Å². The van der Waals surface area contributed by atoms with Gasteiger partial charge in [0, 0.05) is 12.8 Å². The van der Waals surface area contributed by atoms with E-state index in [4.69, 9.17) is 9.84 Å². The Morgan fingerprint density at radius 3 is 1.54 bits per heavy atom. The number of carboxylic acids is 1. The number of carboxylic acid groups (broad SMARTS) is 1. The van der Waals surface area contributed by atoms with Crippen molar-refractivity contribution in [1.29, 1.82) is 0 Å². The summed E-state index contributed by atoms with van der Waals surface area (Å²) in [4.78, 5) is 23.1. The maximum atomic E-state index is 12.5. The highest BCUT2D eigenvalue weighted by Gasteiger charge is 2.14. The van der Waals surface area contributed by atoms with Crippen LogP contribution in [0.15, 0.2) is 12.2 Å². The number of unbranched alkanes of at least 4 members (excludes halogenated alkanes) is 18. The lowest BCUT2D eigenvalue weighted by atomic mass is 10.0. The van der Waals surface area contributed by atoms with Crippen molar-refractivity contribution in [3.63, 3.8) is 0 Å². The fourth-order valence-corrected chi connectivity index (χ4v) is 4.81. The van der Waals surface area contributed by atoms with Crippen molar-refractivity contribution >= 4 is 11.9 Å². The number of carbonyl (C=O) groups excluding carboxylic acids is 1. The Labute approximate surface area is 230 Å². The van der Waals surface area contributed by atoms with Crippen LogP contribution in [-0.2, 0) is 14.3 Å². The van der Waals surface area contributed by atoms with Crippen LogP contribution >= 0.6 is 0 Å². The predicted octanol–water partition coefficient (Wildman–Crippen LogP) is 10.7. The first-order valence-corrected chi connectivity index (χ1v) is 16.2. The zero-order valence-corrected chi connectivity index (χ0v) is 24.8. The first-order chi connectivity index (χ1) is 18.1. The molecule has 0 aromatic heterocycles. The van der Waals surface area contributed by atoms with Crippen molar-refractivity contribution in [2.45, 2.75) is 187 Å². The third kappa shape index (κ3) is 29.1. The zero-order chi connectivity index (χ0) is 27.2. The summed E-state index contributed by atoms with van der Waals surface area (Å²) in [6, 6.07) is 0. The summed E-state index contributed by atoms with van der Waals surface area (Å²) in [7, 11) is 0. The molecule has 0 aliphatic carbocycles. The highest BCUT2D eigenvalue weighted by Crippen LogP contribution is 2.18. The van der Waals surface area contributed by atoms with Gasteiger partial charge in [0.25, 0.3) is 0 Å². The highest BCUT2D eigenvalue weighted by atomic mass is 16.5. The van der Waals surface area contributed by atoms with E-state index < -0.39 is 5.97 Å². The van der Waals surface area contributed by atoms with Crippen molar-refractivity contribution in [1.82, 2.24) is 0 Å². The van der Waals surface area contributed by atoms with Gasteiger partial charge in [-0.3, -0.25) is 9.59 Å². The zero-order valence-electron chi connectivity index (χ0n) is 24.8. The molecule has 0 aromatic carbocycles. The van der Waals surface area contributed by atoms with E-state index in [1.54, 1.807) is 0 Å². The number of rotatable bonds is 29. The third-order valence-electron chi connectivity index (χ3n) is 7.24. The number of carbonyl (C=O) groups is 2. The molecule has 0 heterocycles. The number of hydrogen-bond donors (Lipinski definition) is 1. The Balaban J connectivity index is 4.00. The average Bonchev–Trinajstić information content (AvgIpc) is 2.87. The van der Waals surface area contributed by atoms with E-state index in [2.05, 4.69) is 26.0 Å². The molecule has 0 fully saturated rings. The third-order valence-corrected chi connectivity index (χ3v) is 7.24. The lowest BCUT2D eigenvalue weighted by Gasteiger charge is -2.18. The van der Waals surface area contributed by atoms with E-state index in [1.807, 2.05) is 0 Å². The smallest absolute Gasteiger partial charge is 0.306 e. The monoisotopic (exact) mass is 522 g/mol. The van der Waals surface area contributed by atoms with E-state index >= 15 is 0 Å². The Morgan fingerprint density at radius 2 is 1.00 bits per heavy atom. The van der Waals surface area contributed by atoms with Gasteiger partial charge in [-0.1, -0.05) is 122 Å². The lowest BCUT2D eigenvalue weighted by Crippen LogP contribution is -2.18. The van der Waals surface area contributed by atoms with Crippen LogP contribution in [0.4, 0.5) is 0 Å². The number of hydrogen-bond acceptors (Lipinski definition) is 3. The first kappa shape index (κ1) is 35.7. The summed E-state index contributed by atoms with van der Waals surface area (Å²) in [6.45, 7) is 4.49. The maximum Gasteiger partial charge on any atom is 0.306 e. The average molecular weight is 523 g/mol. The molecule has 218 valence electrons. The van der Waals surface area contributed by atoms with E-state index in [9.17, 15) is 9.59 Å². The topological polar surface area (TPSA) is 63.6 Å². The summed E-state index contributed by atoms with van der Waals surface area (Å²) in [5, 5.41) is 8.75. The minimum atomic E-state index is -0.702. The number of allylic oxidation sites excluding steroid dienone is 2. The summed E-state index contributed by atoms with van der Waals surface area (Å²) < 4.78 is 5.93. The molecule has 4 nitrogen and oxygen atoms in total. The molecule has 1 N–H and O–H groups in total. The van der Waals surface area contributed by atoms with Crippen molar-refractivity contribution in [3.8, 4) is 0 Å². The Hall–Kier alpha value is -1.32. The summed E-state index contributed by atoms with van der Waals surface area (Å²) in [5.74, 6) is -0.709. The van der Waals surface area contributed by atoms with Crippen LogP contribution < -0.4 is 0 Å². The molecule has 0 saturated carbocycles. The van der Waals surface area contributed by atoms with Crippen LogP contribution in [0.3, 0.4) is 0 Å². The van der Waals surface area contributed by atoms with Crippen molar-refractivity contribution in [2.75, 3.05) is 0 Å². The van der Waals surface area contributed by atoms with E-state index in [-0.39, 0.29) is 18.5 Å². The standard InChI is InChI=1S/C33H62O4/c1-3-5-7-9-11-12-13-14-15-17-22-26-30-33(36)37-31(27-23-19-16-10-8-6-4-2)28-24-20-18-21-25-29-32(34)35/h9,11,31H,3-8,10,12-30H2,1-2H3,(H,34,35)/b11-9-. The molecule has 0 saturated heterocycles. The molecule has 1 unspecified atom stereocenters. The highest BCUT2D eigenvalue weighted by molar-refractivity contribution is 5.69. The second-order valence-corrected chi connectivity index (χ2v) is 11.0. The molecule has 0 radical (unpaired) electrons. The summed E-state index contributed by atoms with van der Waals surface area (Å²) in [6.07, 6.45) is 33.6. The molecule has 0 amide bonds. The molecule has 0 spiro atoms. The van der Waals surface area contributed by atoms with Gasteiger partial charge in [0.05, 0.1) is 0 Å². The Bertz CT molecular complexity index is 528. The SMILES string of the molecule is CCCC/C=C\CCCCCCCCC(=O)OC(CCCCCCCCC)CCCCCCCC(=O)O. The molecule has 0 rings (SSSR count). The molecule has 0 aliphatic heterocycles. The van der Waals surface area contributed by atoms with Gasteiger partial charge in [-0.2, -0.15) is 0 Å². The van der Waals surface area contributed by atoms with Crippen LogP contribution in [0.5, 0.6) is 0 Å². The molecule has 0 aromatic rings. The predicted molar refractivity (Wildman–Crippen MR) is 158 cm³/mol. The van der Waals surface area contributed by atoms with Crippen LogP contribution in [0.25, 0.3) is 0 Å². The van der Waals surface area contributed by atoms with Gasteiger partial charge in [-0.15, -0.1) is 0 Å². The quantitative estimate of drug-likeness (QED) is 0.0602. The fraction of sp³-hybridized carbons (Fsp3) is 0.879. The number of ether oxygens (including phenoxy) is 1. The minimum absolute atomic E-state index is 0.00776. The minimum Gasteiger partial charge on any atom is -0.481 e. The fourth-order valence-electron chi connectivity index (χ4n) is 4.81. The van der Waals surface area contributed by atoms with Gasteiger partial charge in [-0.25, -0.2) is 0 Å². The molecule has 1 atom stereocenters. The Kier molecular flexibility index (Phi) is 28.2. The van der Waals surface area contributed by atoms with Crippen LogP contribution in [-0.4, -0.2) is 23.1 Å². The molecule has 4 heteroatoms. The van der Waals surface area contributed by atoms with Gasteiger partial charge < -0.3 is 9.84 Å². The van der Waals surface area contributed by atoms with E-state index in [0.29, 0.717) is 6.42 Å².